The van der Waals surface area contributed by atoms with Crippen molar-refractivity contribution in [3.05, 3.63) is 20.8 Å². The first kappa shape index (κ1) is 16.2. The van der Waals surface area contributed by atoms with E-state index < -0.39 is 0 Å². The molecule has 1 amide bonds. The van der Waals surface area contributed by atoms with Crippen molar-refractivity contribution >= 4 is 28.8 Å². The van der Waals surface area contributed by atoms with Gasteiger partial charge in [0.25, 0.3) is 5.91 Å². The molecule has 22 heavy (non-hydrogen) atoms. The SMILES string of the molecule is CCO[C@@H]1C[C@@H](NC(=O)c2scc(C)c2Cl)C12CCOCC2. The Bertz CT molecular complexity index is 554. The number of hydrogen-bond acceptors (Lipinski definition) is 4. The Morgan fingerprint density at radius 2 is 2.27 bits per heavy atom. The zero-order chi connectivity index (χ0) is 15.7. The topological polar surface area (TPSA) is 47.6 Å². The fourth-order valence-electron chi connectivity index (χ4n) is 3.61. The Morgan fingerprint density at radius 1 is 1.55 bits per heavy atom. The maximum atomic E-state index is 12.5. The van der Waals surface area contributed by atoms with Crippen molar-refractivity contribution in [2.75, 3.05) is 19.8 Å². The van der Waals surface area contributed by atoms with Crippen molar-refractivity contribution in [2.45, 2.75) is 45.3 Å². The maximum absolute atomic E-state index is 12.5. The van der Waals surface area contributed by atoms with Gasteiger partial charge < -0.3 is 14.8 Å². The quantitative estimate of drug-likeness (QED) is 0.911. The molecule has 2 atom stereocenters. The van der Waals surface area contributed by atoms with Crippen LogP contribution in [0.2, 0.25) is 5.02 Å². The van der Waals surface area contributed by atoms with Gasteiger partial charge >= 0.3 is 0 Å². The Balaban J connectivity index is 1.72. The van der Waals surface area contributed by atoms with E-state index >= 15 is 0 Å². The molecule has 2 aliphatic rings. The molecule has 0 aromatic carbocycles. The number of ether oxygens (including phenoxy) is 2. The minimum atomic E-state index is -0.0612. The zero-order valence-corrected chi connectivity index (χ0v) is 14.6. The summed E-state index contributed by atoms with van der Waals surface area (Å²) in [6.07, 6.45) is 2.99. The first-order chi connectivity index (χ1) is 10.6. The van der Waals surface area contributed by atoms with E-state index in [2.05, 4.69) is 5.32 Å². The highest BCUT2D eigenvalue weighted by Crippen LogP contribution is 2.50. The van der Waals surface area contributed by atoms with Gasteiger partial charge in [-0.1, -0.05) is 11.6 Å². The van der Waals surface area contributed by atoms with Crippen LogP contribution in [0.1, 0.15) is 41.4 Å². The van der Waals surface area contributed by atoms with E-state index in [0.717, 1.165) is 38.0 Å². The third-order valence-corrected chi connectivity index (χ3v) is 6.68. The second-order valence-corrected chi connectivity index (χ2v) is 7.37. The first-order valence-electron chi connectivity index (χ1n) is 7.82. The number of thiophene rings is 1. The van der Waals surface area contributed by atoms with Gasteiger partial charge in [0, 0.05) is 31.3 Å². The van der Waals surface area contributed by atoms with Gasteiger partial charge in [-0.25, -0.2) is 0 Å². The summed E-state index contributed by atoms with van der Waals surface area (Å²) in [6.45, 7) is 6.14. The molecule has 122 valence electrons. The summed E-state index contributed by atoms with van der Waals surface area (Å²) < 4.78 is 11.4. The normalized spacial score (nSPS) is 26.7. The summed E-state index contributed by atoms with van der Waals surface area (Å²) in [7, 11) is 0. The number of hydrogen-bond donors (Lipinski definition) is 1. The molecule has 1 N–H and O–H groups in total. The fraction of sp³-hybridized carbons (Fsp3) is 0.688. The summed E-state index contributed by atoms with van der Waals surface area (Å²) in [5, 5.41) is 5.68. The van der Waals surface area contributed by atoms with E-state index in [-0.39, 0.29) is 23.5 Å². The van der Waals surface area contributed by atoms with Crippen LogP contribution in [0.4, 0.5) is 0 Å². The average molecular weight is 344 g/mol. The highest BCUT2D eigenvalue weighted by Gasteiger charge is 2.56. The van der Waals surface area contributed by atoms with E-state index in [0.29, 0.717) is 16.5 Å². The fourth-order valence-corrected chi connectivity index (χ4v) is 4.80. The smallest absolute Gasteiger partial charge is 0.263 e. The summed E-state index contributed by atoms with van der Waals surface area (Å²) in [6, 6.07) is 0.152. The van der Waals surface area contributed by atoms with Gasteiger partial charge in [-0.3, -0.25) is 4.79 Å². The average Bonchev–Trinajstić information content (AvgIpc) is 2.87. The summed E-state index contributed by atoms with van der Waals surface area (Å²) >= 11 is 7.62. The molecule has 6 heteroatoms. The van der Waals surface area contributed by atoms with Crippen molar-refractivity contribution in [3.63, 3.8) is 0 Å². The summed E-state index contributed by atoms with van der Waals surface area (Å²) in [4.78, 5) is 13.1. The number of amides is 1. The van der Waals surface area contributed by atoms with E-state index in [1.807, 2.05) is 19.2 Å². The molecule has 1 aliphatic carbocycles. The molecule has 3 rings (SSSR count). The molecule has 1 aliphatic heterocycles. The van der Waals surface area contributed by atoms with Crippen LogP contribution < -0.4 is 5.32 Å². The van der Waals surface area contributed by atoms with Crippen LogP contribution in [0.5, 0.6) is 0 Å². The number of nitrogens with one attached hydrogen (secondary N) is 1. The first-order valence-corrected chi connectivity index (χ1v) is 9.08. The van der Waals surface area contributed by atoms with Crippen LogP contribution in [-0.2, 0) is 9.47 Å². The van der Waals surface area contributed by atoms with Crippen LogP contribution in [0.25, 0.3) is 0 Å². The Labute approximate surface area is 140 Å². The Morgan fingerprint density at radius 3 is 2.86 bits per heavy atom. The lowest BCUT2D eigenvalue weighted by molar-refractivity contribution is -0.170. The van der Waals surface area contributed by atoms with Crippen molar-refractivity contribution in [3.8, 4) is 0 Å². The van der Waals surface area contributed by atoms with Crippen molar-refractivity contribution < 1.29 is 14.3 Å². The van der Waals surface area contributed by atoms with Gasteiger partial charge in [-0.05, 0) is 44.1 Å². The maximum Gasteiger partial charge on any atom is 0.263 e. The lowest BCUT2D eigenvalue weighted by atomic mass is 9.57. The number of aryl methyl sites for hydroxylation is 1. The second-order valence-electron chi connectivity index (χ2n) is 6.11. The molecule has 1 spiro atoms. The molecule has 1 saturated carbocycles. The van der Waals surface area contributed by atoms with E-state index in [9.17, 15) is 4.79 Å². The standard InChI is InChI=1S/C16H22ClNO3S/c1-3-21-12-8-11(16(12)4-6-20-7-5-16)18-15(19)14-13(17)10(2)9-22-14/h9,11-12H,3-8H2,1-2H3,(H,18,19)/t11-,12-/m1/s1. The molecule has 2 heterocycles. The van der Waals surface area contributed by atoms with Crippen LogP contribution in [-0.4, -0.2) is 37.9 Å². The van der Waals surface area contributed by atoms with Crippen LogP contribution in [0.3, 0.4) is 0 Å². The minimum absolute atomic E-state index is 0.0305. The summed E-state index contributed by atoms with van der Waals surface area (Å²) in [5.74, 6) is -0.0612. The van der Waals surface area contributed by atoms with Gasteiger partial charge in [-0.2, -0.15) is 0 Å². The molecule has 1 saturated heterocycles. The molecule has 0 radical (unpaired) electrons. The predicted molar refractivity (Wildman–Crippen MR) is 87.8 cm³/mol. The lowest BCUT2D eigenvalue weighted by Gasteiger charge is -2.57. The molecule has 1 aromatic rings. The number of carbonyl (C=O) groups excluding carboxylic acids is 1. The lowest BCUT2D eigenvalue weighted by Crippen LogP contribution is -2.66. The second kappa shape index (κ2) is 6.48. The number of halogens is 1. The Hall–Kier alpha value is -0.620. The molecule has 1 aromatic heterocycles. The molecule has 0 bridgehead atoms. The highest BCUT2D eigenvalue weighted by atomic mass is 35.5. The molecular weight excluding hydrogens is 322 g/mol. The highest BCUT2D eigenvalue weighted by molar-refractivity contribution is 7.13. The van der Waals surface area contributed by atoms with Crippen LogP contribution in [0, 0.1) is 12.3 Å². The van der Waals surface area contributed by atoms with Gasteiger partial charge in [0.05, 0.1) is 11.1 Å². The van der Waals surface area contributed by atoms with E-state index in [1.54, 1.807) is 0 Å². The van der Waals surface area contributed by atoms with Crippen molar-refractivity contribution in [2.24, 2.45) is 5.41 Å². The van der Waals surface area contributed by atoms with E-state index in [1.165, 1.54) is 11.3 Å². The Kier molecular flexibility index (Phi) is 4.78. The van der Waals surface area contributed by atoms with Crippen molar-refractivity contribution in [1.82, 2.24) is 5.32 Å². The van der Waals surface area contributed by atoms with E-state index in [4.69, 9.17) is 21.1 Å². The predicted octanol–water partition coefficient (Wildman–Crippen LogP) is 3.41. The summed E-state index contributed by atoms with van der Waals surface area (Å²) in [5.41, 5.74) is 0.987. The van der Waals surface area contributed by atoms with Crippen molar-refractivity contribution in [1.29, 1.82) is 0 Å². The molecule has 2 fully saturated rings. The van der Waals surface area contributed by atoms with Crippen LogP contribution >= 0.6 is 22.9 Å². The number of carbonyl (C=O) groups is 1. The molecular formula is C16H22ClNO3S. The number of rotatable bonds is 4. The van der Waals surface area contributed by atoms with Crippen LogP contribution in [0.15, 0.2) is 5.38 Å². The largest absolute Gasteiger partial charge is 0.381 e. The van der Waals surface area contributed by atoms with Gasteiger partial charge in [-0.15, -0.1) is 11.3 Å². The third kappa shape index (κ3) is 2.68. The molecule has 4 nitrogen and oxygen atoms in total. The molecule has 0 unspecified atom stereocenters. The zero-order valence-electron chi connectivity index (χ0n) is 13.0. The van der Waals surface area contributed by atoms with Gasteiger partial charge in [0.15, 0.2) is 0 Å². The van der Waals surface area contributed by atoms with Gasteiger partial charge in [0.1, 0.15) is 4.88 Å². The van der Waals surface area contributed by atoms with Gasteiger partial charge in [0.2, 0.25) is 0 Å². The minimum Gasteiger partial charge on any atom is -0.381 e. The monoisotopic (exact) mass is 343 g/mol. The third-order valence-electron chi connectivity index (χ3n) is 4.99.